The van der Waals surface area contributed by atoms with Crippen LogP contribution in [0.5, 0.6) is 0 Å². The first-order valence-electron chi connectivity index (χ1n) is 8.88. The number of hydrogen-bond donors (Lipinski definition) is 1. The summed E-state index contributed by atoms with van der Waals surface area (Å²) >= 11 is 0. The van der Waals surface area contributed by atoms with E-state index in [1.54, 1.807) is 24.3 Å². The number of rotatable bonds is 8. The van der Waals surface area contributed by atoms with Gasteiger partial charge < -0.3 is 14.5 Å². The molecule has 3 aromatic rings. The highest BCUT2D eigenvalue weighted by atomic mass is 19.4. The lowest BCUT2D eigenvalue weighted by Crippen LogP contribution is -2.24. The first kappa shape index (κ1) is 20.6. The Morgan fingerprint density at radius 2 is 1.72 bits per heavy atom. The van der Waals surface area contributed by atoms with Crippen LogP contribution in [-0.2, 0) is 29.1 Å². The lowest BCUT2D eigenvalue weighted by atomic mass is 10.1. The highest BCUT2D eigenvalue weighted by Gasteiger charge is 2.27. The summed E-state index contributed by atoms with van der Waals surface area (Å²) in [4.78, 5) is 16.4. The second kappa shape index (κ2) is 9.38. The van der Waals surface area contributed by atoms with E-state index in [1.807, 2.05) is 30.3 Å². The minimum Gasteiger partial charge on any atom is -0.444 e. The Morgan fingerprint density at radius 1 is 1.03 bits per heavy atom. The fraction of sp³-hybridized carbons (Fsp3) is 0.238. The molecule has 1 N–H and O–H groups in total. The fourth-order valence-corrected chi connectivity index (χ4v) is 2.57. The molecule has 0 saturated heterocycles. The van der Waals surface area contributed by atoms with Gasteiger partial charge in [0.15, 0.2) is 0 Å². The van der Waals surface area contributed by atoms with Crippen molar-refractivity contribution in [2.24, 2.45) is 0 Å². The molecule has 29 heavy (non-hydrogen) atoms. The number of oxazole rings is 1. The number of aromatic nitrogens is 1. The van der Waals surface area contributed by atoms with Gasteiger partial charge in [-0.1, -0.05) is 42.5 Å². The van der Waals surface area contributed by atoms with Gasteiger partial charge in [-0.15, -0.1) is 0 Å². The van der Waals surface area contributed by atoms with Crippen LogP contribution in [0.15, 0.2) is 65.3 Å². The second-order valence-corrected chi connectivity index (χ2v) is 6.39. The zero-order valence-electron chi connectivity index (χ0n) is 15.4. The van der Waals surface area contributed by atoms with Crippen LogP contribution in [0, 0.1) is 0 Å². The second-order valence-electron chi connectivity index (χ2n) is 6.39. The molecule has 0 bridgehead atoms. The third kappa shape index (κ3) is 6.76. The quantitative estimate of drug-likeness (QED) is 0.609. The fourth-order valence-electron chi connectivity index (χ4n) is 2.57. The number of amides is 1. The van der Waals surface area contributed by atoms with Gasteiger partial charge in [0.1, 0.15) is 12.9 Å². The third-order valence-corrected chi connectivity index (χ3v) is 3.96. The van der Waals surface area contributed by atoms with E-state index in [2.05, 4.69) is 15.0 Å². The van der Waals surface area contributed by atoms with Crippen LogP contribution in [0.2, 0.25) is 0 Å². The lowest BCUT2D eigenvalue weighted by molar-refractivity contribution is -0.176. The van der Waals surface area contributed by atoms with Gasteiger partial charge in [-0.3, -0.25) is 4.79 Å². The number of benzene rings is 2. The Hall–Kier alpha value is -3.13. The number of nitrogens with one attached hydrogen (secondary N) is 1. The van der Waals surface area contributed by atoms with Crippen molar-refractivity contribution in [3.8, 4) is 11.5 Å². The van der Waals surface area contributed by atoms with E-state index >= 15 is 0 Å². The molecule has 0 radical (unpaired) electrons. The largest absolute Gasteiger partial charge is 0.444 e. The van der Waals surface area contributed by atoms with Crippen LogP contribution in [0.3, 0.4) is 0 Å². The number of carbonyl (C=O) groups excluding carboxylic acids is 1. The average molecular weight is 404 g/mol. The summed E-state index contributed by atoms with van der Waals surface area (Å²) in [5, 5.41) is 2.78. The van der Waals surface area contributed by atoms with E-state index in [1.165, 1.54) is 6.26 Å². The molecule has 3 rings (SSSR count). The summed E-state index contributed by atoms with van der Waals surface area (Å²) in [6, 6.07) is 16.2. The zero-order valence-corrected chi connectivity index (χ0v) is 15.4. The number of alkyl halides is 3. The molecule has 0 spiro atoms. The van der Waals surface area contributed by atoms with Crippen molar-refractivity contribution >= 4 is 5.91 Å². The monoisotopic (exact) mass is 404 g/mol. The molecule has 1 heterocycles. The molecule has 0 fully saturated rings. The lowest BCUT2D eigenvalue weighted by Gasteiger charge is -2.08. The molecule has 0 unspecified atom stereocenters. The summed E-state index contributed by atoms with van der Waals surface area (Å²) in [5.41, 5.74) is 2.81. The molecular weight excluding hydrogens is 385 g/mol. The van der Waals surface area contributed by atoms with E-state index in [0.717, 1.165) is 11.1 Å². The maximum absolute atomic E-state index is 12.1. The van der Waals surface area contributed by atoms with Crippen LogP contribution < -0.4 is 5.32 Å². The number of halogens is 3. The molecule has 0 aliphatic carbocycles. The molecule has 1 amide bonds. The highest BCUT2D eigenvalue weighted by Crippen LogP contribution is 2.18. The molecule has 1 aromatic heterocycles. The van der Waals surface area contributed by atoms with E-state index < -0.39 is 12.8 Å². The summed E-state index contributed by atoms with van der Waals surface area (Å²) < 4.78 is 46.2. The Labute approximate surface area is 165 Å². The van der Waals surface area contributed by atoms with Crippen LogP contribution in [0.25, 0.3) is 11.5 Å². The number of hydrogen-bond acceptors (Lipinski definition) is 4. The molecule has 0 aliphatic rings. The van der Waals surface area contributed by atoms with Gasteiger partial charge in [0, 0.05) is 12.1 Å². The van der Waals surface area contributed by atoms with Gasteiger partial charge in [-0.05, 0) is 23.3 Å². The maximum Gasteiger partial charge on any atom is 0.411 e. The van der Waals surface area contributed by atoms with Crippen LogP contribution >= 0.6 is 0 Å². The van der Waals surface area contributed by atoms with Crippen molar-refractivity contribution < 1.29 is 27.1 Å². The van der Waals surface area contributed by atoms with Gasteiger partial charge in [0.2, 0.25) is 11.8 Å². The van der Waals surface area contributed by atoms with Crippen molar-refractivity contribution in [3.63, 3.8) is 0 Å². The summed E-state index contributed by atoms with van der Waals surface area (Å²) in [7, 11) is 0. The smallest absolute Gasteiger partial charge is 0.411 e. The highest BCUT2D eigenvalue weighted by molar-refractivity contribution is 5.78. The van der Waals surface area contributed by atoms with E-state index in [4.69, 9.17) is 4.42 Å². The standard InChI is InChI=1S/C21H19F3N2O3/c22-21(23,24)14-28-12-16-8-6-15(7-9-16)11-25-19(27)10-18-13-29-20(26-18)17-4-2-1-3-5-17/h1-9,13H,10-12,14H2,(H,25,27). The van der Waals surface area contributed by atoms with Gasteiger partial charge in [-0.2, -0.15) is 13.2 Å². The molecule has 0 saturated carbocycles. The minimum absolute atomic E-state index is 0.0830. The van der Waals surface area contributed by atoms with Gasteiger partial charge >= 0.3 is 6.18 Å². The Morgan fingerprint density at radius 3 is 2.41 bits per heavy atom. The topological polar surface area (TPSA) is 64.4 Å². The summed E-state index contributed by atoms with van der Waals surface area (Å²) in [6.07, 6.45) is -2.80. The first-order chi connectivity index (χ1) is 13.9. The van der Waals surface area contributed by atoms with Crippen molar-refractivity contribution in [2.75, 3.05) is 6.61 Å². The van der Waals surface area contributed by atoms with Gasteiger partial charge in [0.05, 0.1) is 18.7 Å². The van der Waals surface area contributed by atoms with Gasteiger partial charge in [-0.25, -0.2) is 4.98 Å². The van der Waals surface area contributed by atoms with E-state index in [-0.39, 0.29) is 18.9 Å². The minimum atomic E-state index is -4.34. The number of ether oxygens (including phenoxy) is 1. The molecule has 152 valence electrons. The summed E-state index contributed by atoms with van der Waals surface area (Å²) in [5.74, 6) is 0.243. The molecule has 0 atom stereocenters. The predicted molar refractivity (Wildman–Crippen MR) is 99.6 cm³/mol. The van der Waals surface area contributed by atoms with Gasteiger partial charge in [0.25, 0.3) is 0 Å². The Balaban J connectivity index is 1.44. The molecule has 5 nitrogen and oxygen atoms in total. The number of carbonyl (C=O) groups is 1. The average Bonchev–Trinajstić information content (AvgIpc) is 3.15. The Kier molecular flexibility index (Phi) is 6.66. The van der Waals surface area contributed by atoms with Crippen LogP contribution in [-0.4, -0.2) is 23.7 Å². The Bertz CT molecular complexity index is 922. The van der Waals surface area contributed by atoms with Crippen molar-refractivity contribution in [1.29, 1.82) is 0 Å². The number of nitrogens with zero attached hydrogens (tertiary/aromatic N) is 1. The predicted octanol–water partition coefficient (Wildman–Crippen LogP) is 4.28. The third-order valence-electron chi connectivity index (χ3n) is 3.96. The molecular formula is C21H19F3N2O3. The molecule has 2 aromatic carbocycles. The molecule has 8 heteroatoms. The maximum atomic E-state index is 12.1. The van der Waals surface area contributed by atoms with Crippen LogP contribution in [0.1, 0.15) is 16.8 Å². The first-order valence-corrected chi connectivity index (χ1v) is 8.88. The van der Waals surface area contributed by atoms with E-state index in [9.17, 15) is 18.0 Å². The molecule has 0 aliphatic heterocycles. The normalized spacial score (nSPS) is 11.4. The van der Waals surface area contributed by atoms with E-state index in [0.29, 0.717) is 23.7 Å². The van der Waals surface area contributed by atoms with Crippen molar-refractivity contribution in [2.45, 2.75) is 25.7 Å². The van der Waals surface area contributed by atoms with Crippen molar-refractivity contribution in [1.82, 2.24) is 10.3 Å². The zero-order chi connectivity index (χ0) is 20.7. The van der Waals surface area contributed by atoms with Crippen LogP contribution in [0.4, 0.5) is 13.2 Å². The summed E-state index contributed by atoms with van der Waals surface area (Å²) in [6.45, 7) is -1.10. The SMILES string of the molecule is O=C(Cc1coc(-c2ccccc2)n1)NCc1ccc(COCC(F)(F)F)cc1. The van der Waals surface area contributed by atoms with Crippen molar-refractivity contribution in [3.05, 3.63) is 77.7 Å².